The maximum absolute atomic E-state index is 12.5. The number of allylic oxidation sites excluding steroid dienone is 1. The second kappa shape index (κ2) is 10.2. The van der Waals surface area contributed by atoms with Gasteiger partial charge in [0.15, 0.2) is 5.76 Å². The maximum atomic E-state index is 12.5. The Hall–Kier alpha value is -2.09. The quantitative estimate of drug-likeness (QED) is 0.459. The average molecular weight is 365 g/mol. The Labute approximate surface area is 153 Å². The van der Waals surface area contributed by atoms with E-state index in [0.717, 1.165) is 0 Å². The summed E-state index contributed by atoms with van der Waals surface area (Å²) in [6, 6.07) is 6.52. The summed E-state index contributed by atoms with van der Waals surface area (Å²) in [5, 5.41) is 21.1. The molecule has 1 aliphatic heterocycles. The summed E-state index contributed by atoms with van der Waals surface area (Å²) in [7, 11) is 0. The van der Waals surface area contributed by atoms with E-state index in [9.17, 15) is 9.90 Å². The highest BCUT2D eigenvalue weighted by molar-refractivity contribution is 6.03. The van der Waals surface area contributed by atoms with Crippen LogP contribution >= 0.6 is 0 Å². The predicted molar refractivity (Wildman–Crippen MR) is 96.5 cm³/mol. The van der Waals surface area contributed by atoms with E-state index in [2.05, 4.69) is 19.2 Å². The summed E-state index contributed by atoms with van der Waals surface area (Å²) in [4.78, 5) is 12.5. The average Bonchev–Trinajstić information content (AvgIpc) is 2.63. The number of phenolic OH excluding ortho intramolecular Hbond substituents is 1. The minimum absolute atomic E-state index is 0.00787. The molecule has 1 aromatic rings. The molecule has 0 radical (unpaired) electrons. The zero-order valence-corrected chi connectivity index (χ0v) is 15.2. The number of ether oxygens (including phenoxy) is 3. The smallest absolute Gasteiger partial charge is 0.290 e. The van der Waals surface area contributed by atoms with Crippen LogP contribution in [0.1, 0.15) is 20.3 Å². The van der Waals surface area contributed by atoms with E-state index >= 15 is 0 Å². The lowest BCUT2D eigenvalue weighted by atomic mass is 9.90. The highest BCUT2D eigenvalue weighted by Crippen LogP contribution is 2.30. The molecule has 0 spiro atoms. The van der Waals surface area contributed by atoms with E-state index in [4.69, 9.17) is 19.3 Å². The number of anilines is 1. The van der Waals surface area contributed by atoms with Gasteiger partial charge in [-0.1, -0.05) is 26.0 Å². The Bertz CT molecular complexity index is 616. The van der Waals surface area contributed by atoms with E-state index in [1.165, 1.54) is 6.07 Å². The fourth-order valence-corrected chi connectivity index (χ4v) is 2.58. The molecule has 2 rings (SSSR count). The Morgan fingerprint density at radius 2 is 2.08 bits per heavy atom. The van der Waals surface area contributed by atoms with Gasteiger partial charge in [-0.3, -0.25) is 4.79 Å². The van der Waals surface area contributed by atoms with Crippen molar-refractivity contribution >= 4 is 11.6 Å². The van der Waals surface area contributed by atoms with Crippen LogP contribution in [-0.2, 0) is 19.0 Å². The number of para-hydroxylation sites is 2. The van der Waals surface area contributed by atoms with Gasteiger partial charge in [-0.25, -0.2) is 0 Å². The molecule has 3 N–H and O–H groups in total. The highest BCUT2D eigenvalue weighted by Gasteiger charge is 2.29. The van der Waals surface area contributed by atoms with Crippen LogP contribution in [-0.4, -0.2) is 48.8 Å². The van der Waals surface area contributed by atoms with Crippen molar-refractivity contribution in [2.45, 2.75) is 26.6 Å². The van der Waals surface area contributed by atoms with Crippen molar-refractivity contribution in [2.24, 2.45) is 11.8 Å². The summed E-state index contributed by atoms with van der Waals surface area (Å²) in [6.07, 6.45) is 1.91. The zero-order valence-electron chi connectivity index (χ0n) is 15.2. The van der Waals surface area contributed by atoms with Crippen LogP contribution in [0.4, 0.5) is 5.69 Å². The number of nitrogens with one attached hydrogen (secondary N) is 1. The van der Waals surface area contributed by atoms with Crippen molar-refractivity contribution in [3.05, 3.63) is 36.1 Å². The molecule has 0 bridgehead atoms. The van der Waals surface area contributed by atoms with Gasteiger partial charge in [0.1, 0.15) is 5.75 Å². The number of phenols is 1. The van der Waals surface area contributed by atoms with Crippen LogP contribution in [0, 0.1) is 11.8 Å². The predicted octanol–water partition coefficient (Wildman–Crippen LogP) is 2.26. The molecule has 1 aliphatic rings. The summed E-state index contributed by atoms with van der Waals surface area (Å²) >= 11 is 0. The molecule has 1 heterocycles. The van der Waals surface area contributed by atoms with E-state index < -0.39 is 12.2 Å². The lowest BCUT2D eigenvalue weighted by molar-refractivity contribution is -0.153. The molecule has 0 fully saturated rings. The topological polar surface area (TPSA) is 97.3 Å². The fourth-order valence-electron chi connectivity index (χ4n) is 2.58. The molecule has 2 atom stereocenters. The molecular formula is C19H27NO6. The van der Waals surface area contributed by atoms with Crippen molar-refractivity contribution in [2.75, 3.05) is 31.7 Å². The van der Waals surface area contributed by atoms with E-state index in [1.807, 2.05) is 6.08 Å². The summed E-state index contributed by atoms with van der Waals surface area (Å²) in [5.41, 5.74) is 0.323. The number of benzene rings is 1. The van der Waals surface area contributed by atoms with Crippen molar-refractivity contribution in [3.63, 3.8) is 0 Å². The standard InChI is InChI=1S/C19H27NO6/c1-13(2)14-11-17(19(23)20-15-5-3-4-6-16(15)22)26-18(12-14)25-10-9-24-8-7-21/h3-6,11,13-14,18,21-22H,7-10,12H2,1-2H3,(H,20,23). The van der Waals surface area contributed by atoms with Crippen LogP contribution in [0.5, 0.6) is 5.75 Å². The lowest BCUT2D eigenvalue weighted by Gasteiger charge is -2.30. The first-order chi connectivity index (χ1) is 12.5. The number of aromatic hydroxyl groups is 1. The number of rotatable bonds is 9. The molecule has 2 unspecified atom stereocenters. The number of carbonyl (C=O) groups excluding carboxylic acids is 1. The summed E-state index contributed by atoms with van der Waals surface area (Å²) in [6.45, 7) is 5.03. The Morgan fingerprint density at radius 3 is 2.77 bits per heavy atom. The summed E-state index contributed by atoms with van der Waals surface area (Å²) < 4.78 is 16.5. The first-order valence-electron chi connectivity index (χ1n) is 8.79. The number of carbonyl (C=O) groups is 1. The van der Waals surface area contributed by atoms with Gasteiger partial charge < -0.3 is 29.7 Å². The second-order valence-corrected chi connectivity index (χ2v) is 6.40. The monoisotopic (exact) mass is 365 g/mol. The van der Waals surface area contributed by atoms with Crippen LogP contribution < -0.4 is 5.32 Å². The van der Waals surface area contributed by atoms with Gasteiger partial charge in [0.25, 0.3) is 5.91 Å². The lowest BCUT2D eigenvalue weighted by Crippen LogP contribution is -2.32. The molecule has 0 aromatic heterocycles. The van der Waals surface area contributed by atoms with Crippen molar-refractivity contribution in [1.29, 1.82) is 0 Å². The molecule has 0 saturated carbocycles. The zero-order chi connectivity index (χ0) is 18.9. The molecule has 26 heavy (non-hydrogen) atoms. The third-order valence-corrected chi connectivity index (χ3v) is 4.09. The number of amides is 1. The van der Waals surface area contributed by atoms with Gasteiger partial charge in [0, 0.05) is 6.42 Å². The third kappa shape index (κ3) is 6.01. The third-order valence-electron chi connectivity index (χ3n) is 4.09. The Morgan fingerprint density at radius 1 is 1.31 bits per heavy atom. The molecule has 144 valence electrons. The highest BCUT2D eigenvalue weighted by atomic mass is 16.7. The van der Waals surface area contributed by atoms with E-state index in [1.54, 1.807) is 18.2 Å². The number of aliphatic hydroxyl groups excluding tert-OH is 1. The molecule has 1 amide bonds. The van der Waals surface area contributed by atoms with Gasteiger partial charge in [0.05, 0.1) is 32.1 Å². The number of aliphatic hydroxyl groups is 1. The van der Waals surface area contributed by atoms with Crippen LogP contribution in [0.2, 0.25) is 0 Å². The SMILES string of the molecule is CC(C)C1C=C(C(=O)Nc2ccccc2O)OC(OCCOCCO)C1. The van der Waals surface area contributed by atoms with Crippen LogP contribution in [0.3, 0.4) is 0 Å². The van der Waals surface area contributed by atoms with Gasteiger partial charge >= 0.3 is 0 Å². The largest absolute Gasteiger partial charge is 0.506 e. The van der Waals surface area contributed by atoms with Gasteiger partial charge in [0.2, 0.25) is 6.29 Å². The first kappa shape index (κ1) is 20.2. The summed E-state index contributed by atoms with van der Waals surface area (Å²) in [5.74, 6) is 0.203. The molecule has 1 aromatic carbocycles. The van der Waals surface area contributed by atoms with Gasteiger partial charge in [-0.2, -0.15) is 0 Å². The van der Waals surface area contributed by atoms with Crippen molar-refractivity contribution in [3.8, 4) is 5.75 Å². The van der Waals surface area contributed by atoms with E-state index in [0.29, 0.717) is 31.2 Å². The Kier molecular flexibility index (Phi) is 7.90. The minimum Gasteiger partial charge on any atom is -0.506 e. The number of hydrogen-bond acceptors (Lipinski definition) is 6. The fraction of sp³-hybridized carbons (Fsp3) is 0.526. The normalized spacial score (nSPS) is 19.8. The maximum Gasteiger partial charge on any atom is 0.290 e. The minimum atomic E-state index is -0.546. The van der Waals surface area contributed by atoms with Crippen LogP contribution in [0.15, 0.2) is 36.1 Å². The molecule has 7 heteroatoms. The second-order valence-electron chi connectivity index (χ2n) is 6.40. The molecular weight excluding hydrogens is 338 g/mol. The molecule has 0 aliphatic carbocycles. The molecule has 7 nitrogen and oxygen atoms in total. The van der Waals surface area contributed by atoms with E-state index in [-0.39, 0.29) is 30.6 Å². The van der Waals surface area contributed by atoms with Crippen LogP contribution in [0.25, 0.3) is 0 Å². The Balaban J connectivity index is 1.98. The van der Waals surface area contributed by atoms with Gasteiger partial charge in [-0.15, -0.1) is 0 Å². The number of hydrogen-bond donors (Lipinski definition) is 3. The first-order valence-corrected chi connectivity index (χ1v) is 8.79. The molecule has 0 saturated heterocycles. The van der Waals surface area contributed by atoms with Crippen molar-refractivity contribution < 1.29 is 29.2 Å². The van der Waals surface area contributed by atoms with Gasteiger partial charge in [-0.05, 0) is 30.0 Å². The van der Waals surface area contributed by atoms with Crippen molar-refractivity contribution in [1.82, 2.24) is 0 Å².